The van der Waals surface area contributed by atoms with Crippen molar-refractivity contribution in [1.29, 1.82) is 0 Å². The number of carbonyl (C=O) groups excluding carboxylic acids is 2. The van der Waals surface area contributed by atoms with Crippen LogP contribution in [0.5, 0.6) is 0 Å². The molecule has 3 rings (SSSR count). The molecule has 1 fully saturated rings. The van der Waals surface area contributed by atoms with Crippen LogP contribution in [0.2, 0.25) is 0 Å². The second-order valence-electron chi connectivity index (χ2n) is 6.23. The second-order valence-corrected chi connectivity index (χ2v) is 6.23. The molecule has 0 spiro atoms. The van der Waals surface area contributed by atoms with E-state index in [-0.39, 0.29) is 17.9 Å². The second kappa shape index (κ2) is 7.77. The molecule has 134 valence electrons. The highest BCUT2D eigenvalue weighted by atomic mass is 16.4. The summed E-state index contributed by atoms with van der Waals surface area (Å²) >= 11 is 0. The summed E-state index contributed by atoms with van der Waals surface area (Å²) in [6.07, 6.45) is 5.04. The smallest absolute Gasteiger partial charge is 0.308 e. The van der Waals surface area contributed by atoms with Crippen molar-refractivity contribution in [2.24, 2.45) is 5.92 Å². The number of pyridine rings is 1. The highest BCUT2D eigenvalue weighted by molar-refractivity contribution is 6.05. The lowest BCUT2D eigenvalue weighted by Crippen LogP contribution is -2.40. The molecule has 0 unspecified atom stereocenters. The Labute approximate surface area is 150 Å². The number of carbonyl (C=O) groups is 3. The Balaban J connectivity index is 1.68. The van der Waals surface area contributed by atoms with Crippen LogP contribution in [0, 0.1) is 5.92 Å². The standard InChI is InChI=1S/C19H19N3O4/c23-17(22-16-8-2-7-15(16)19(25)26)12-4-1-6-14(10-12)21-18(24)13-5-3-9-20-11-13/h1,3-6,9-11,15-16H,2,7-8H2,(H,21,24)(H,22,23)(H,25,26)/t15-,16+/m1/s1. The van der Waals surface area contributed by atoms with Crippen LogP contribution in [0.1, 0.15) is 40.0 Å². The molecule has 3 N–H and O–H groups in total. The highest BCUT2D eigenvalue weighted by Gasteiger charge is 2.34. The van der Waals surface area contributed by atoms with Gasteiger partial charge in [0.25, 0.3) is 11.8 Å². The lowest BCUT2D eigenvalue weighted by atomic mass is 10.0. The van der Waals surface area contributed by atoms with E-state index < -0.39 is 11.9 Å². The molecular formula is C19H19N3O4. The molecule has 1 aliphatic rings. The summed E-state index contributed by atoms with van der Waals surface area (Å²) in [4.78, 5) is 39.8. The van der Waals surface area contributed by atoms with Gasteiger partial charge in [0, 0.05) is 29.7 Å². The number of benzene rings is 1. The molecule has 1 aliphatic carbocycles. The van der Waals surface area contributed by atoms with E-state index in [1.54, 1.807) is 42.6 Å². The van der Waals surface area contributed by atoms with Gasteiger partial charge < -0.3 is 15.7 Å². The Morgan fingerprint density at radius 2 is 1.85 bits per heavy atom. The fourth-order valence-electron chi connectivity index (χ4n) is 3.12. The van der Waals surface area contributed by atoms with E-state index in [0.29, 0.717) is 29.7 Å². The molecule has 2 atom stereocenters. The van der Waals surface area contributed by atoms with Crippen LogP contribution >= 0.6 is 0 Å². The number of amides is 2. The number of carboxylic acids is 1. The minimum atomic E-state index is -0.884. The maximum atomic E-state index is 12.5. The summed E-state index contributed by atoms with van der Waals surface area (Å²) in [5.74, 6) is -2.10. The highest BCUT2D eigenvalue weighted by Crippen LogP contribution is 2.26. The van der Waals surface area contributed by atoms with Gasteiger partial charge in [0.05, 0.1) is 11.5 Å². The molecule has 1 saturated carbocycles. The largest absolute Gasteiger partial charge is 0.481 e. The fraction of sp³-hybridized carbons (Fsp3) is 0.263. The van der Waals surface area contributed by atoms with Crippen molar-refractivity contribution in [3.05, 3.63) is 59.9 Å². The van der Waals surface area contributed by atoms with Crippen molar-refractivity contribution in [1.82, 2.24) is 10.3 Å². The first-order valence-electron chi connectivity index (χ1n) is 8.39. The third-order valence-corrected chi connectivity index (χ3v) is 4.46. The van der Waals surface area contributed by atoms with Gasteiger partial charge in [-0.05, 0) is 43.2 Å². The van der Waals surface area contributed by atoms with E-state index in [2.05, 4.69) is 15.6 Å². The van der Waals surface area contributed by atoms with Gasteiger partial charge in [-0.15, -0.1) is 0 Å². The van der Waals surface area contributed by atoms with E-state index in [9.17, 15) is 19.5 Å². The van der Waals surface area contributed by atoms with Gasteiger partial charge in [-0.2, -0.15) is 0 Å². The van der Waals surface area contributed by atoms with Crippen LogP contribution in [0.15, 0.2) is 48.8 Å². The summed E-state index contributed by atoms with van der Waals surface area (Å²) in [7, 11) is 0. The van der Waals surface area contributed by atoms with Crippen LogP contribution in [-0.4, -0.2) is 33.9 Å². The van der Waals surface area contributed by atoms with Crippen molar-refractivity contribution in [3.8, 4) is 0 Å². The summed E-state index contributed by atoms with van der Waals surface area (Å²) in [6.45, 7) is 0. The Bertz CT molecular complexity index is 823. The average molecular weight is 353 g/mol. The minimum Gasteiger partial charge on any atom is -0.481 e. The minimum absolute atomic E-state index is 0.322. The normalized spacial score (nSPS) is 18.9. The number of hydrogen-bond donors (Lipinski definition) is 3. The molecule has 1 aromatic heterocycles. The quantitative estimate of drug-likeness (QED) is 0.764. The molecule has 2 aromatic rings. The number of rotatable bonds is 5. The first-order chi connectivity index (χ1) is 12.5. The van der Waals surface area contributed by atoms with E-state index in [1.807, 2.05) is 0 Å². The third-order valence-electron chi connectivity index (χ3n) is 4.46. The molecule has 1 aromatic carbocycles. The zero-order valence-electron chi connectivity index (χ0n) is 14.0. The number of aliphatic carboxylic acids is 1. The number of aromatic nitrogens is 1. The van der Waals surface area contributed by atoms with Gasteiger partial charge in [0.15, 0.2) is 0 Å². The monoisotopic (exact) mass is 353 g/mol. The number of nitrogens with zero attached hydrogens (tertiary/aromatic N) is 1. The van der Waals surface area contributed by atoms with Gasteiger partial charge in [-0.3, -0.25) is 19.4 Å². The zero-order valence-corrected chi connectivity index (χ0v) is 14.0. The molecule has 1 heterocycles. The molecule has 26 heavy (non-hydrogen) atoms. The fourth-order valence-corrected chi connectivity index (χ4v) is 3.12. The maximum Gasteiger partial charge on any atom is 0.308 e. The van der Waals surface area contributed by atoms with Crippen LogP contribution in [0.3, 0.4) is 0 Å². The van der Waals surface area contributed by atoms with Crippen LogP contribution < -0.4 is 10.6 Å². The van der Waals surface area contributed by atoms with Gasteiger partial charge in [0.2, 0.25) is 0 Å². The van der Waals surface area contributed by atoms with Crippen molar-refractivity contribution < 1.29 is 19.5 Å². The van der Waals surface area contributed by atoms with Crippen LogP contribution in [0.25, 0.3) is 0 Å². The van der Waals surface area contributed by atoms with E-state index in [0.717, 1.165) is 6.42 Å². The lowest BCUT2D eigenvalue weighted by molar-refractivity contribution is -0.142. The molecule has 0 aliphatic heterocycles. The molecule has 7 nitrogen and oxygen atoms in total. The molecule has 7 heteroatoms. The zero-order chi connectivity index (χ0) is 18.5. The Kier molecular flexibility index (Phi) is 5.26. The predicted octanol–water partition coefficient (Wildman–Crippen LogP) is 2.32. The summed E-state index contributed by atoms with van der Waals surface area (Å²) in [5, 5.41) is 14.7. The number of anilines is 1. The molecule has 0 bridgehead atoms. The SMILES string of the molecule is O=C(Nc1cccc(C(=O)N[C@H]2CCC[C@H]2C(=O)O)c1)c1cccnc1. The number of hydrogen-bond acceptors (Lipinski definition) is 4. The molecule has 0 radical (unpaired) electrons. The van der Waals surface area contributed by atoms with Crippen LogP contribution in [0.4, 0.5) is 5.69 Å². The maximum absolute atomic E-state index is 12.5. The Hall–Kier alpha value is -3.22. The lowest BCUT2D eigenvalue weighted by Gasteiger charge is -2.17. The van der Waals surface area contributed by atoms with Crippen molar-refractivity contribution >= 4 is 23.5 Å². The van der Waals surface area contributed by atoms with Gasteiger partial charge in [0.1, 0.15) is 0 Å². The molecular weight excluding hydrogens is 334 g/mol. The van der Waals surface area contributed by atoms with E-state index in [1.165, 1.54) is 6.20 Å². The summed E-state index contributed by atoms with van der Waals surface area (Å²) in [5.41, 5.74) is 1.26. The third kappa shape index (κ3) is 4.05. The average Bonchev–Trinajstić information content (AvgIpc) is 3.11. The van der Waals surface area contributed by atoms with Gasteiger partial charge >= 0.3 is 5.97 Å². The molecule has 0 saturated heterocycles. The van der Waals surface area contributed by atoms with Gasteiger partial charge in [-0.1, -0.05) is 12.5 Å². The first-order valence-corrected chi connectivity index (χ1v) is 8.39. The van der Waals surface area contributed by atoms with Gasteiger partial charge in [-0.25, -0.2) is 0 Å². The summed E-state index contributed by atoms with van der Waals surface area (Å²) < 4.78 is 0. The van der Waals surface area contributed by atoms with Crippen molar-refractivity contribution in [2.75, 3.05) is 5.32 Å². The van der Waals surface area contributed by atoms with Crippen LogP contribution in [-0.2, 0) is 4.79 Å². The topological polar surface area (TPSA) is 108 Å². The Morgan fingerprint density at radius 1 is 1.04 bits per heavy atom. The van der Waals surface area contributed by atoms with E-state index in [4.69, 9.17) is 0 Å². The van der Waals surface area contributed by atoms with Crippen molar-refractivity contribution in [3.63, 3.8) is 0 Å². The first kappa shape index (κ1) is 17.6. The summed E-state index contributed by atoms with van der Waals surface area (Å²) in [6, 6.07) is 9.48. The molecule has 2 amide bonds. The van der Waals surface area contributed by atoms with Crippen molar-refractivity contribution in [2.45, 2.75) is 25.3 Å². The Morgan fingerprint density at radius 3 is 2.58 bits per heavy atom. The predicted molar refractivity (Wildman–Crippen MR) is 94.9 cm³/mol. The van der Waals surface area contributed by atoms with E-state index >= 15 is 0 Å². The number of carboxylic acid groups (broad SMARTS) is 1. The number of nitrogens with one attached hydrogen (secondary N) is 2.